The Morgan fingerprint density at radius 3 is 2.46 bits per heavy atom. The predicted octanol–water partition coefficient (Wildman–Crippen LogP) is 3.48. The lowest BCUT2D eigenvalue weighted by molar-refractivity contribution is -0.163. The summed E-state index contributed by atoms with van der Waals surface area (Å²) in [4.78, 5) is 45.3. The third-order valence-electron chi connectivity index (χ3n) is 8.45. The predicted molar refractivity (Wildman–Crippen MR) is 141 cm³/mol. The minimum absolute atomic E-state index is 0.106. The van der Waals surface area contributed by atoms with E-state index < -0.39 is 46.6 Å². The van der Waals surface area contributed by atoms with Gasteiger partial charge in [0.1, 0.15) is 17.6 Å². The summed E-state index contributed by atoms with van der Waals surface area (Å²) >= 11 is 0. The van der Waals surface area contributed by atoms with Crippen molar-refractivity contribution in [1.82, 2.24) is 9.80 Å². The van der Waals surface area contributed by atoms with Crippen molar-refractivity contribution in [3.63, 3.8) is 0 Å². The molecular weight excluding hydrogens is 472 g/mol. The van der Waals surface area contributed by atoms with Gasteiger partial charge in [-0.1, -0.05) is 26.0 Å². The molecule has 3 aliphatic rings. The first-order valence-corrected chi connectivity index (χ1v) is 13.6. The van der Waals surface area contributed by atoms with Gasteiger partial charge in [-0.15, -0.1) is 13.2 Å². The van der Waals surface area contributed by atoms with Crippen molar-refractivity contribution in [3.8, 4) is 0 Å². The molecule has 6 atom stereocenters. The summed E-state index contributed by atoms with van der Waals surface area (Å²) in [5, 5.41) is 10.3. The highest BCUT2D eigenvalue weighted by molar-refractivity contribution is 5.99. The molecule has 0 aromatic carbocycles. The molecular formula is C29H46N2O6. The van der Waals surface area contributed by atoms with Crippen molar-refractivity contribution in [3.05, 3.63) is 25.3 Å². The fraction of sp³-hybridized carbons (Fsp3) is 0.759. The molecule has 8 nitrogen and oxygen atoms in total. The van der Waals surface area contributed by atoms with Crippen LogP contribution in [0.1, 0.15) is 73.6 Å². The molecule has 1 spiro atoms. The molecule has 0 aliphatic carbocycles. The van der Waals surface area contributed by atoms with E-state index in [9.17, 15) is 19.5 Å². The lowest BCUT2D eigenvalue weighted by Gasteiger charge is -2.44. The first-order chi connectivity index (χ1) is 17.3. The number of amides is 2. The molecule has 37 heavy (non-hydrogen) atoms. The number of likely N-dealkylation sites (tertiary alicyclic amines) is 1. The van der Waals surface area contributed by atoms with E-state index in [0.29, 0.717) is 25.8 Å². The number of hydrogen-bond donors (Lipinski definition) is 1. The number of allylic oxidation sites excluding steroid dienone is 1. The van der Waals surface area contributed by atoms with Crippen molar-refractivity contribution in [2.24, 2.45) is 17.8 Å². The molecule has 208 valence electrons. The van der Waals surface area contributed by atoms with Gasteiger partial charge in [0.05, 0.1) is 30.8 Å². The van der Waals surface area contributed by atoms with E-state index >= 15 is 0 Å². The largest absolute Gasteiger partial charge is 0.465 e. The third-order valence-corrected chi connectivity index (χ3v) is 8.45. The zero-order valence-corrected chi connectivity index (χ0v) is 23.5. The Balaban J connectivity index is 2.05. The molecule has 2 amide bonds. The number of fused-ring (bicyclic) bond motifs is 1. The first-order valence-electron chi connectivity index (χ1n) is 13.6. The Bertz CT molecular complexity index is 911. The van der Waals surface area contributed by atoms with Crippen LogP contribution in [-0.4, -0.2) is 81.3 Å². The van der Waals surface area contributed by atoms with Crippen LogP contribution in [0.15, 0.2) is 25.3 Å². The van der Waals surface area contributed by atoms with Gasteiger partial charge in [-0.25, -0.2) is 0 Å². The van der Waals surface area contributed by atoms with Crippen LogP contribution in [0.4, 0.5) is 0 Å². The quantitative estimate of drug-likeness (QED) is 0.241. The summed E-state index contributed by atoms with van der Waals surface area (Å²) in [6.07, 6.45) is 6.96. The lowest BCUT2D eigenvalue weighted by atomic mass is 9.66. The highest BCUT2D eigenvalue weighted by Gasteiger charge is 2.79. The second kappa shape index (κ2) is 10.9. The van der Waals surface area contributed by atoms with E-state index in [4.69, 9.17) is 9.47 Å². The van der Waals surface area contributed by atoms with Gasteiger partial charge in [0.15, 0.2) is 0 Å². The number of ether oxygens (including phenoxy) is 2. The molecule has 0 aromatic rings. The number of hydrogen-bond acceptors (Lipinski definition) is 6. The van der Waals surface area contributed by atoms with Crippen LogP contribution in [0, 0.1) is 17.8 Å². The molecule has 3 rings (SSSR count). The van der Waals surface area contributed by atoms with E-state index in [2.05, 4.69) is 13.2 Å². The Kier molecular flexibility index (Phi) is 8.64. The van der Waals surface area contributed by atoms with Crippen molar-refractivity contribution < 1.29 is 29.0 Å². The van der Waals surface area contributed by atoms with Gasteiger partial charge in [-0.05, 0) is 65.7 Å². The van der Waals surface area contributed by atoms with Crippen LogP contribution in [-0.2, 0) is 23.9 Å². The standard InChI is InChI=1S/C29H46N2O6/c1-9-11-12-13-17-36-26(35)22-21-24(33)31(20(18-32)19(3)4)23(29(21)15-14-28(22,8)37-29)25(34)30(16-10-2)27(5,6)7/h9-10,19-23,32H,1-2,11-18H2,3-8H3/t20-,21-,22+,23?,28-,29?/m0/s1. The summed E-state index contributed by atoms with van der Waals surface area (Å²) in [7, 11) is 0. The number of nitrogens with zero attached hydrogens (tertiary/aromatic N) is 2. The number of unbranched alkanes of at least 4 members (excludes halogenated alkanes) is 2. The maximum atomic E-state index is 14.4. The zero-order chi connectivity index (χ0) is 27.8. The molecule has 3 aliphatic heterocycles. The first kappa shape index (κ1) is 29.4. The number of carbonyl (C=O) groups excluding carboxylic acids is 3. The van der Waals surface area contributed by atoms with E-state index in [1.807, 2.05) is 47.6 Å². The monoisotopic (exact) mass is 518 g/mol. The van der Waals surface area contributed by atoms with E-state index in [1.54, 1.807) is 11.0 Å². The fourth-order valence-corrected chi connectivity index (χ4v) is 6.60. The number of aliphatic hydroxyl groups excluding tert-OH is 1. The second-order valence-electron chi connectivity index (χ2n) is 12.3. The van der Waals surface area contributed by atoms with Crippen LogP contribution in [0.25, 0.3) is 0 Å². The van der Waals surface area contributed by atoms with Crippen molar-refractivity contribution in [1.29, 1.82) is 0 Å². The minimum Gasteiger partial charge on any atom is -0.465 e. The Morgan fingerprint density at radius 2 is 1.92 bits per heavy atom. The molecule has 0 aromatic heterocycles. The van der Waals surface area contributed by atoms with Crippen molar-refractivity contribution in [2.45, 2.75) is 102 Å². The third kappa shape index (κ3) is 4.99. The lowest BCUT2D eigenvalue weighted by Crippen LogP contribution is -2.62. The maximum Gasteiger partial charge on any atom is 0.312 e. The SMILES string of the molecule is C=CCCCCOC(=O)[C@H]1[C@H]2C(=O)N([C@@H](CO)C(C)C)C(C(=O)N(CC=C)C(C)(C)C)C23CC[C@]1(C)O3. The molecule has 3 heterocycles. The van der Waals surface area contributed by atoms with Gasteiger partial charge in [0, 0.05) is 12.1 Å². The van der Waals surface area contributed by atoms with Crippen LogP contribution < -0.4 is 0 Å². The summed E-state index contributed by atoms with van der Waals surface area (Å²) in [6.45, 7) is 19.4. The topological polar surface area (TPSA) is 96.4 Å². The van der Waals surface area contributed by atoms with Gasteiger partial charge >= 0.3 is 5.97 Å². The highest BCUT2D eigenvalue weighted by atomic mass is 16.6. The van der Waals surface area contributed by atoms with Crippen molar-refractivity contribution >= 4 is 17.8 Å². The van der Waals surface area contributed by atoms with Gasteiger partial charge in [-0.3, -0.25) is 14.4 Å². The molecule has 3 fully saturated rings. The minimum atomic E-state index is -1.15. The molecule has 2 unspecified atom stereocenters. The number of esters is 1. The highest BCUT2D eigenvalue weighted by Crippen LogP contribution is 2.64. The van der Waals surface area contributed by atoms with E-state index in [-0.39, 0.29) is 30.9 Å². The summed E-state index contributed by atoms with van der Waals surface area (Å²) in [6, 6.07) is -1.53. The molecule has 0 saturated carbocycles. The number of aliphatic hydroxyl groups is 1. The Labute approximate surface area is 222 Å². The zero-order valence-electron chi connectivity index (χ0n) is 23.5. The fourth-order valence-electron chi connectivity index (χ4n) is 6.60. The van der Waals surface area contributed by atoms with Gasteiger partial charge < -0.3 is 24.4 Å². The number of rotatable bonds is 12. The Hall–Kier alpha value is -2.19. The molecule has 2 bridgehead atoms. The maximum absolute atomic E-state index is 14.4. The van der Waals surface area contributed by atoms with Gasteiger partial charge in [0.2, 0.25) is 11.8 Å². The smallest absolute Gasteiger partial charge is 0.312 e. The van der Waals surface area contributed by atoms with Crippen LogP contribution >= 0.6 is 0 Å². The second-order valence-corrected chi connectivity index (χ2v) is 12.3. The summed E-state index contributed by atoms with van der Waals surface area (Å²) in [5.41, 5.74) is -2.57. The van der Waals surface area contributed by atoms with Gasteiger partial charge in [-0.2, -0.15) is 0 Å². The average Bonchev–Trinajstić information content (AvgIpc) is 3.37. The van der Waals surface area contributed by atoms with Crippen LogP contribution in [0.3, 0.4) is 0 Å². The van der Waals surface area contributed by atoms with E-state index in [1.165, 1.54) is 4.90 Å². The number of carbonyl (C=O) groups is 3. The average molecular weight is 519 g/mol. The van der Waals surface area contributed by atoms with Crippen LogP contribution in [0.2, 0.25) is 0 Å². The van der Waals surface area contributed by atoms with Crippen LogP contribution in [0.5, 0.6) is 0 Å². The normalized spacial score (nSPS) is 31.4. The summed E-state index contributed by atoms with van der Waals surface area (Å²) in [5.74, 6) is -2.75. The van der Waals surface area contributed by atoms with Crippen molar-refractivity contribution in [2.75, 3.05) is 19.8 Å². The Morgan fingerprint density at radius 1 is 1.24 bits per heavy atom. The molecule has 1 N–H and O–H groups in total. The molecule has 3 saturated heterocycles. The van der Waals surface area contributed by atoms with E-state index in [0.717, 1.165) is 12.8 Å². The molecule has 0 radical (unpaired) electrons. The molecule has 8 heteroatoms. The van der Waals surface area contributed by atoms with Gasteiger partial charge in [0.25, 0.3) is 0 Å². The summed E-state index contributed by atoms with van der Waals surface area (Å²) < 4.78 is 12.3.